The van der Waals surface area contributed by atoms with Gasteiger partial charge in [0.1, 0.15) is 0 Å². The third kappa shape index (κ3) is 3.11. The second kappa shape index (κ2) is 5.66. The lowest BCUT2D eigenvalue weighted by molar-refractivity contribution is 0.801. The van der Waals surface area contributed by atoms with Gasteiger partial charge in [-0.3, -0.25) is 0 Å². The number of aromatic nitrogens is 5. The van der Waals surface area contributed by atoms with E-state index in [2.05, 4.69) is 41.3 Å². The molecule has 0 radical (unpaired) electrons. The number of benzene rings is 1. The minimum Gasteiger partial charge on any atom is -0.368 e. The minimum absolute atomic E-state index is 0.0937. The van der Waals surface area contributed by atoms with Crippen molar-refractivity contribution < 1.29 is 0 Å². The molecule has 7 nitrogen and oxygen atoms in total. The summed E-state index contributed by atoms with van der Waals surface area (Å²) in [6, 6.07) is 7.11. The Kier molecular flexibility index (Phi) is 3.72. The van der Waals surface area contributed by atoms with E-state index in [4.69, 9.17) is 17.3 Å². The van der Waals surface area contributed by atoms with Crippen LogP contribution in [-0.2, 0) is 0 Å². The van der Waals surface area contributed by atoms with Crippen molar-refractivity contribution in [1.29, 1.82) is 0 Å². The second-order valence-corrected chi connectivity index (χ2v) is 5.31. The normalized spacial score (nSPS) is 10.6. The number of nitrogens with two attached hydrogens (primary N) is 1. The van der Waals surface area contributed by atoms with Crippen LogP contribution in [0.3, 0.4) is 0 Å². The van der Waals surface area contributed by atoms with Gasteiger partial charge in [0.05, 0.1) is 5.69 Å². The highest BCUT2D eigenvalue weighted by Crippen LogP contribution is 2.27. The van der Waals surface area contributed by atoms with Crippen molar-refractivity contribution in [2.24, 2.45) is 0 Å². The molecule has 0 amide bonds. The highest BCUT2D eigenvalue weighted by atomic mass is 79.9. The summed E-state index contributed by atoms with van der Waals surface area (Å²) in [4.78, 5) is 12.4. The Balaban J connectivity index is 1.97. The first-order chi connectivity index (χ1) is 10.1. The van der Waals surface area contributed by atoms with E-state index in [0.717, 1.165) is 10.2 Å². The molecule has 0 saturated carbocycles. The van der Waals surface area contributed by atoms with Crippen LogP contribution in [0, 0.1) is 0 Å². The zero-order valence-electron chi connectivity index (χ0n) is 10.5. The van der Waals surface area contributed by atoms with E-state index in [0.29, 0.717) is 16.9 Å². The summed E-state index contributed by atoms with van der Waals surface area (Å²) >= 11 is 9.40. The van der Waals surface area contributed by atoms with Crippen LogP contribution in [0.5, 0.6) is 0 Å². The molecule has 2 aromatic heterocycles. The molecule has 3 N–H and O–H groups in total. The van der Waals surface area contributed by atoms with Gasteiger partial charge in [0.2, 0.25) is 11.9 Å². The molecule has 2 heterocycles. The molecule has 0 unspecified atom stereocenters. The molecule has 9 heteroatoms. The van der Waals surface area contributed by atoms with Gasteiger partial charge in [-0.25, -0.2) is 4.68 Å². The summed E-state index contributed by atoms with van der Waals surface area (Å²) in [5, 5.41) is 7.69. The van der Waals surface area contributed by atoms with Crippen molar-refractivity contribution in [3.8, 4) is 5.95 Å². The summed E-state index contributed by atoms with van der Waals surface area (Å²) in [5.74, 6) is 0.722. The number of nitrogens with zero attached hydrogens (tertiary/aromatic N) is 5. The molecule has 3 aromatic rings. The number of hydrogen-bond acceptors (Lipinski definition) is 6. The molecule has 0 fully saturated rings. The van der Waals surface area contributed by atoms with E-state index in [1.54, 1.807) is 30.6 Å². The fourth-order valence-electron chi connectivity index (χ4n) is 1.64. The molecule has 0 aliphatic carbocycles. The molecule has 0 atom stereocenters. The number of nitrogen functional groups attached to an aromatic ring is 1. The molecule has 0 saturated heterocycles. The average Bonchev–Trinajstić information content (AvgIpc) is 2.96. The Hall–Kier alpha value is -2.19. The van der Waals surface area contributed by atoms with Gasteiger partial charge in [0, 0.05) is 21.9 Å². The Morgan fingerprint density at radius 1 is 1.24 bits per heavy atom. The van der Waals surface area contributed by atoms with E-state index >= 15 is 0 Å². The molecule has 1 aromatic carbocycles. The van der Waals surface area contributed by atoms with Gasteiger partial charge in [0.25, 0.3) is 5.95 Å². The summed E-state index contributed by atoms with van der Waals surface area (Å²) < 4.78 is 2.32. The van der Waals surface area contributed by atoms with Crippen LogP contribution < -0.4 is 11.1 Å². The summed E-state index contributed by atoms with van der Waals surface area (Å²) in [6.07, 6.45) is 3.34. The first-order valence-corrected chi connectivity index (χ1v) is 7.02. The van der Waals surface area contributed by atoms with Crippen molar-refractivity contribution in [3.63, 3.8) is 0 Å². The van der Waals surface area contributed by atoms with Crippen molar-refractivity contribution in [3.05, 3.63) is 46.2 Å². The van der Waals surface area contributed by atoms with Crippen LogP contribution in [0.25, 0.3) is 5.95 Å². The van der Waals surface area contributed by atoms with E-state index in [9.17, 15) is 0 Å². The molecule has 106 valence electrons. The van der Waals surface area contributed by atoms with E-state index in [1.165, 1.54) is 4.68 Å². The number of rotatable bonds is 3. The maximum atomic E-state index is 5.97. The van der Waals surface area contributed by atoms with Gasteiger partial charge in [-0.05, 0) is 40.2 Å². The lowest BCUT2D eigenvalue weighted by Crippen LogP contribution is -2.09. The Morgan fingerprint density at radius 3 is 2.86 bits per heavy atom. The van der Waals surface area contributed by atoms with Crippen molar-refractivity contribution in [2.45, 2.75) is 0 Å². The highest BCUT2D eigenvalue weighted by molar-refractivity contribution is 9.10. The molecule has 21 heavy (non-hydrogen) atoms. The zero-order valence-corrected chi connectivity index (χ0v) is 12.9. The molecule has 3 rings (SSSR count). The quantitative estimate of drug-likeness (QED) is 0.740. The molecule has 0 aliphatic rings. The van der Waals surface area contributed by atoms with Gasteiger partial charge in [-0.2, -0.15) is 20.1 Å². The average molecular weight is 367 g/mol. The molecule has 0 aliphatic heterocycles. The smallest absolute Gasteiger partial charge is 0.257 e. The number of nitrogens with one attached hydrogen (secondary N) is 1. The fourth-order valence-corrected chi connectivity index (χ4v) is 2.16. The summed E-state index contributed by atoms with van der Waals surface area (Å²) in [7, 11) is 0. The summed E-state index contributed by atoms with van der Waals surface area (Å²) in [5.41, 5.74) is 6.43. The van der Waals surface area contributed by atoms with Crippen LogP contribution in [0.2, 0.25) is 5.02 Å². The highest BCUT2D eigenvalue weighted by Gasteiger charge is 2.08. The van der Waals surface area contributed by atoms with E-state index < -0.39 is 0 Å². The van der Waals surface area contributed by atoms with Crippen LogP contribution >= 0.6 is 27.5 Å². The standard InChI is InChI=1S/C12H9BrClN7/c13-8-3-2-7(14)6-9(8)17-11-18-10(15)19-12(20-11)21-5-1-4-16-21/h1-6H,(H3,15,17,18,19,20). The minimum atomic E-state index is 0.0937. The fraction of sp³-hybridized carbons (Fsp3) is 0. The maximum Gasteiger partial charge on any atom is 0.257 e. The number of hydrogen-bond donors (Lipinski definition) is 2. The van der Waals surface area contributed by atoms with Gasteiger partial charge in [-0.1, -0.05) is 11.6 Å². The van der Waals surface area contributed by atoms with Crippen molar-refractivity contribution in [2.75, 3.05) is 11.1 Å². The maximum absolute atomic E-state index is 5.97. The van der Waals surface area contributed by atoms with Crippen LogP contribution in [0.15, 0.2) is 41.1 Å². The molecular weight excluding hydrogens is 358 g/mol. The first kappa shape index (κ1) is 13.8. The predicted molar refractivity (Wildman–Crippen MR) is 83.8 cm³/mol. The third-order valence-corrected chi connectivity index (χ3v) is 3.45. The van der Waals surface area contributed by atoms with Gasteiger partial charge < -0.3 is 11.1 Å². The summed E-state index contributed by atoms with van der Waals surface area (Å²) in [6.45, 7) is 0. The van der Waals surface area contributed by atoms with Crippen LogP contribution in [-0.4, -0.2) is 24.7 Å². The molecule has 0 bridgehead atoms. The predicted octanol–water partition coefficient (Wildman–Crippen LogP) is 2.80. The third-order valence-electron chi connectivity index (χ3n) is 2.53. The monoisotopic (exact) mass is 365 g/mol. The van der Waals surface area contributed by atoms with Gasteiger partial charge in [-0.15, -0.1) is 0 Å². The Bertz CT molecular complexity index is 775. The van der Waals surface area contributed by atoms with Crippen molar-refractivity contribution >= 4 is 45.1 Å². The first-order valence-electron chi connectivity index (χ1n) is 5.85. The van der Waals surface area contributed by atoms with Crippen LogP contribution in [0.4, 0.5) is 17.6 Å². The SMILES string of the molecule is Nc1nc(Nc2cc(Cl)ccc2Br)nc(-n2cccn2)n1. The van der Waals surface area contributed by atoms with Gasteiger partial charge >= 0.3 is 0 Å². The molecule has 0 spiro atoms. The second-order valence-electron chi connectivity index (χ2n) is 4.02. The zero-order chi connectivity index (χ0) is 14.8. The topological polar surface area (TPSA) is 94.5 Å². The number of halogens is 2. The van der Waals surface area contributed by atoms with E-state index in [1.807, 2.05) is 6.07 Å². The van der Waals surface area contributed by atoms with Gasteiger partial charge in [0.15, 0.2) is 0 Å². The lowest BCUT2D eigenvalue weighted by Gasteiger charge is -2.09. The largest absolute Gasteiger partial charge is 0.368 e. The van der Waals surface area contributed by atoms with Crippen molar-refractivity contribution in [1.82, 2.24) is 24.7 Å². The number of anilines is 3. The molecular formula is C12H9BrClN7. The Morgan fingerprint density at radius 2 is 2.10 bits per heavy atom. The van der Waals surface area contributed by atoms with Crippen LogP contribution in [0.1, 0.15) is 0 Å². The Labute approximate surface area is 133 Å². The lowest BCUT2D eigenvalue weighted by atomic mass is 10.3. The van der Waals surface area contributed by atoms with E-state index in [-0.39, 0.29) is 5.95 Å².